The Kier molecular flexibility index (Phi) is 3.81. The molecule has 2 rings (SSSR count). The lowest BCUT2D eigenvalue weighted by Crippen LogP contribution is -2.43. The average Bonchev–Trinajstić information content (AvgIpc) is 2.38. The number of rotatable bonds is 3. The van der Waals surface area contributed by atoms with Gasteiger partial charge >= 0.3 is 5.97 Å². The largest absolute Gasteiger partial charge is 0.478 e. The molecule has 2 atom stereocenters. The predicted octanol–water partition coefficient (Wildman–Crippen LogP) is 1.52. The third-order valence-corrected chi connectivity index (χ3v) is 3.55. The molecular weight excluding hydrogens is 232 g/mol. The maximum Gasteiger partial charge on any atom is 0.337 e. The highest BCUT2D eigenvalue weighted by molar-refractivity contribution is 5.87. The quantitative estimate of drug-likeness (QED) is 0.850. The monoisotopic (exact) mass is 250 g/mol. The first kappa shape index (κ1) is 12.8. The Bertz CT molecular complexity index is 419. The fourth-order valence-electron chi connectivity index (χ4n) is 2.43. The molecule has 0 saturated heterocycles. The number of carboxylic acid groups (broad SMARTS) is 1. The smallest absolute Gasteiger partial charge is 0.337 e. The summed E-state index contributed by atoms with van der Waals surface area (Å²) in [5.74, 6) is -0.277. The van der Waals surface area contributed by atoms with Crippen LogP contribution in [0.15, 0.2) is 18.3 Å². The van der Waals surface area contributed by atoms with Crippen LogP contribution in [0.5, 0.6) is 0 Å². The molecule has 0 spiro atoms. The summed E-state index contributed by atoms with van der Waals surface area (Å²) in [6, 6.07) is 3.29. The maximum atomic E-state index is 10.7. The lowest BCUT2D eigenvalue weighted by Gasteiger charge is -2.35. The van der Waals surface area contributed by atoms with E-state index in [1.165, 1.54) is 12.3 Å². The molecule has 1 aromatic rings. The van der Waals surface area contributed by atoms with Crippen LogP contribution in [0.2, 0.25) is 0 Å². The lowest BCUT2D eigenvalue weighted by molar-refractivity contribution is 0.0696. The number of aliphatic hydroxyl groups excluding tert-OH is 1. The second-order valence-electron chi connectivity index (χ2n) is 4.74. The normalized spacial score (nSPS) is 23.7. The van der Waals surface area contributed by atoms with Gasteiger partial charge in [0, 0.05) is 13.2 Å². The summed E-state index contributed by atoms with van der Waals surface area (Å²) in [4.78, 5) is 16.8. The van der Waals surface area contributed by atoms with Gasteiger partial charge in [0.25, 0.3) is 0 Å². The van der Waals surface area contributed by atoms with Crippen LogP contribution in [0.25, 0.3) is 0 Å². The van der Waals surface area contributed by atoms with E-state index in [1.807, 2.05) is 11.9 Å². The van der Waals surface area contributed by atoms with Crippen molar-refractivity contribution in [1.29, 1.82) is 0 Å². The minimum absolute atomic E-state index is 0.0712. The standard InChI is InChI=1S/C13H18N2O3/c1-15(10-4-2-3-5-11(10)16)12-7-6-9(8-14-12)13(17)18/h6-8,10-11,16H,2-5H2,1H3,(H,17,18). The summed E-state index contributed by atoms with van der Waals surface area (Å²) >= 11 is 0. The van der Waals surface area contributed by atoms with Gasteiger partial charge in [-0.05, 0) is 25.0 Å². The average molecular weight is 250 g/mol. The van der Waals surface area contributed by atoms with Crippen molar-refractivity contribution in [2.75, 3.05) is 11.9 Å². The molecule has 1 aliphatic carbocycles. The Labute approximate surface area is 106 Å². The van der Waals surface area contributed by atoms with E-state index in [9.17, 15) is 9.90 Å². The molecule has 2 unspecified atom stereocenters. The van der Waals surface area contributed by atoms with Crippen LogP contribution >= 0.6 is 0 Å². The Balaban J connectivity index is 2.12. The van der Waals surface area contributed by atoms with Crippen LogP contribution in [0.4, 0.5) is 5.82 Å². The number of likely N-dealkylation sites (N-methyl/N-ethyl adjacent to an activating group) is 1. The van der Waals surface area contributed by atoms with Gasteiger partial charge < -0.3 is 15.1 Å². The summed E-state index contributed by atoms with van der Waals surface area (Å²) in [6.07, 6.45) is 4.96. The van der Waals surface area contributed by atoms with E-state index in [4.69, 9.17) is 5.11 Å². The molecule has 98 valence electrons. The topological polar surface area (TPSA) is 73.7 Å². The molecule has 1 heterocycles. The van der Waals surface area contributed by atoms with E-state index in [-0.39, 0.29) is 17.7 Å². The Morgan fingerprint density at radius 1 is 1.39 bits per heavy atom. The first-order chi connectivity index (χ1) is 8.59. The molecule has 0 bridgehead atoms. The molecule has 5 nitrogen and oxygen atoms in total. The van der Waals surface area contributed by atoms with Gasteiger partial charge in [0.1, 0.15) is 5.82 Å². The summed E-state index contributed by atoms with van der Waals surface area (Å²) in [5.41, 5.74) is 0.177. The van der Waals surface area contributed by atoms with E-state index in [1.54, 1.807) is 6.07 Å². The van der Waals surface area contributed by atoms with Crippen LogP contribution in [-0.4, -0.2) is 40.4 Å². The Morgan fingerprint density at radius 3 is 2.67 bits per heavy atom. The molecule has 1 saturated carbocycles. The molecule has 1 fully saturated rings. The SMILES string of the molecule is CN(c1ccc(C(=O)O)cn1)C1CCCCC1O. The van der Waals surface area contributed by atoms with Gasteiger partial charge in [0.15, 0.2) is 0 Å². The van der Waals surface area contributed by atoms with Gasteiger partial charge in [-0.2, -0.15) is 0 Å². The molecule has 2 N–H and O–H groups in total. The van der Waals surface area contributed by atoms with Gasteiger partial charge in [-0.3, -0.25) is 0 Å². The lowest BCUT2D eigenvalue weighted by atomic mass is 9.91. The van der Waals surface area contributed by atoms with E-state index in [2.05, 4.69) is 4.98 Å². The zero-order valence-corrected chi connectivity index (χ0v) is 10.4. The first-order valence-corrected chi connectivity index (χ1v) is 6.20. The maximum absolute atomic E-state index is 10.7. The number of nitrogens with zero attached hydrogens (tertiary/aromatic N) is 2. The molecule has 0 aromatic carbocycles. The van der Waals surface area contributed by atoms with Crippen molar-refractivity contribution in [1.82, 2.24) is 4.98 Å². The third kappa shape index (κ3) is 2.61. The van der Waals surface area contributed by atoms with Crippen molar-refractivity contribution < 1.29 is 15.0 Å². The summed E-state index contributed by atoms with van der Waals surface area (Å²) in [7, 11) is 1.89. The molecule has 18 heavy (non-hydrogen) atoms. The minimum atomic E-state index is -0.977. The summed E-state index contributed by atoms with van der Waals surface area (Å²) in [5, 5.41) is 18.8. The molecule has 0 aliphatic heterocycles. The summed E-state index contributed by atoms with van der Waals surface area (Å²) in [6.45, 7) is 0. The minimum Gasteiger partial charge on any atom is -0.478 e. The van der Waals surface area contributed by atoms with Gasteiger partial charge in [0.2, 0.25) is 0 Å². The zero-order valence-electron chi connectivity index (χ0n) is 10.4. The van der Waals surface area contributed by atoms with Crippen molar-refractivity contribution in [3.63, 3.8) is 0 Å². The highest BCUT2D eigenvalue weighted by atomic mass is 16.4. The van der Waals surface area contributed by atoms with Crippen molar-refractivity contribution in [3.05, 3.63) is 23.9 Å². The number of pyridine rings is 1. The van der Waals surface area contributed by atoms with E-state index in [0.29, 0.717) is 5.82 Å². The number of carboxylic acids is 1. The van der Waals surface area contributed by atoms with Gasteiger partial charge in [-0.1, -0.05) is 12.8 Å². The number of aromatic carboxylic acids is 1. The highest BCUT2D eigenvalue weighted by Crippen LogP contribution is 2.25. The summed E-state index contributed by atoms with van der Waals surface area (Å²) < 4.78 is 0. The second kappa shape index (κ2) is 5.35. The van der Waals surface area contributed by atoms with Crippen LogP contribution in [0, 0.1) is 0 Å². The molecule has 5 heteroatoms. The van der Waals surface area contributed by atoms with Gasteiger partial charge in [-0.15, -0.1) is 0 Å². The van der Waals surface area contributed by atoms with Crippen LogP contribution in [0.1, 0.15) is 36.0 Å². The zero-order chi connectivity index (χ0) is 13.1. The van der Waals surface area contributed by atoms with Gasteiger partial charge in [-0.25, -0.2) is 9.78 Å². The number of anilines is 1. The first-order valence-electron chi connectivity index (χ1n) is 6.20. The number of hydrogen-bond donors (Lipinski definition) is 2. The molecule has 1 aromatic heterocycles. The van der Waals surface area contributed by atoms with Crippen molar-refractivity contribution in [2.45, 2.75) is 37.8 Å². The Hall–Kier alpha value is -1.62. The number of aromatic nitrogens is 1. The highest BCUT2D eigenvalue weighted by Gasteiger charge is 2.27. The fraction of sp³-hybridized carbons (Fsp3) is 0.538. The number of carbonyl (C=O) groups is 1. The van der Waals surface area contributed by atoms with Gasteiger partial charge in [0.05, 0.1) is 17.7 Å². The van der Waals surface area contributed by atoms with Crippen LogP contribution < -0.4 is 4.90 Å². The molecule has 0 radical (unpaired) electrons. The van der Waals surface area contributed by atoms with Crippen molar-refractivity contribution >= 4 is 11.8 Å². The van der Waals surface area contributed by atoms with E-state index >= 15 is 0 Å². The van der Waals surface area contributed by atoms with Crippen molar-refractivity contribution in [2.24, 2.45) is 0 Å². The third-order valence-electron chi connectivity index (χ3n) is 3.55. The predicted molar refractivity (Wildman–Crippen MR) is 67.9 cm³/mol. The van der Waals surface area contributed by atoms with Crippen molar-refractivity contribution in [3.8, 4) is 0 Å². The molecule has 0 amide bonds. The Morgan fingerprint density at radius 2 is 2.11 bits per heavy atom. The van der Waals surface area contributed by atoms with Crippen LogP contribution in [-0.2, 0) is 0 Å². The van der Waals surface area contributed by atoms with Crippen LogP contribution in [0.3, 0.4) is 0 Å². The number of aliphatic hydroxyl groups is 1. The number of hydrogen-bond acceptors (Lipinski definition) is 4. The van der Waals surface area contributed by atoms with E-state index in [0.717, 1.165) is 25.7 Å². The van der Waals surface area contributed by atoms with E-state index < -0.39 is 5.97 Å². The second-order valence-corrected chi connectivity index (χ2v) is 4.74. The fourth-order valence-corrected chi connectivity index (χ4v) is 2.43. The molecular formula is C13H18N2O3. The molecule has 1 aliphatic rings.